The zero-order valence-electron chi connectivity index (χ0n) is 8.23. The van der Waals surface area contributed by atoms with Gasteiger partial charge < -0.3 is 4.74 Å². The summed E-state index contributed by atoms with van der Waals surface area (Å²) in [5.41, 5.74) is -0.617. The summed E-state index contributed by atoms with van der Waals surface area (Å²) in [5.74, 6) is -5.47. The van der Waals surface area contributed by atoms with Crippen molar-refractivity contribution >= 4 is 5.78 Å². The van der Waals surface area contributed by atoms with Crippen molar-refractivity contribution in [2.75, 3.05) is 6.61 Å². The van der Waals surface area contributed by atoms with Gasteiger partial charge in [0.25, 0.3) is 0 Å². The first-order chi connectivity index (χ1) is 6.99. The van der Waals surface area contributed by atoms with Crippen LogP contribution < -0.4 is 4.74 Å². The van der Waals surface area contributed by atoms with Gasteiger partial charge in [0.2, 0.25) is 5.82 Å². The van der Waals surface area contributed by atoms with Gasteiger partial charge in [-0.25, -0.2) is 8.78 Å². The minimum atomic E-state index is -1.47. The van der Waals surface area contributed by atoms with Crippen molar-refractivity contribution in [3.63, 3.8) is 0 Å². The van der Waals surface area contributed by atoms with E-state index in [0.717, 1.165) is 6.92 Å². The van der Waals surface area contributed by atoms with Crippen LogP contribution in [0.5, 0.6) is 5.75 Å². The molecule has 0 aliphatic carbocycles. The van der Waals surface area contributed by atoms with Crippen molar-refractivity contribution in [2.24, 2.45) is 0 Å². The molecule has 15 heavy (non-hydrogen) atoms. The smallest absolute Gasteiger partial charge is 0.204 e. The van der Waals surface area contributed by atoms with Crippen LogP contribution in [0.4, 0.5) is 13.2 Å². The standard InChI is InChI=1S/C10H9F3O2/c1-3-15-10-7(11)4-6(5(2)14)8(12)9(10)13/h4H,3H2,1-2H3. The second-order valence-corrected chi connectivity index (χ2v) is 2.85. The van der Waals surface area contributed by atoms with Gasteiger partial charge in [-0.15, -0.1) is 0 Å². The Hall–Kier alpha value is -1.52. The molecular formula is C10H9F3O2. The highest BCUT2D eigenvalue weighted by Crippen LogP contribution is 2.26. The topological polar surface area (TPSA) is 26.3 Å². The summed E-state index contributed by atoms with van der Waals surface area (Å²) in [6.07, 6.45) is 0. The predicted molar refractivity (Wildman–Crippen MR) is 47.5 cm³/mol. The van der Waals surface area contributed by atoms with E-state index in [0.29, 0.717) is 6.07 Å². The maximum absolute atomic E-state index is 13.2. The van der Waals surface area contributed by atoms with Crippen LogP contribution in [0.15, 0.2) is 6.07 Å². The fourth-order valence-corrected chi connectivity index (χ4v) is 1.11. The fourth-order valence-electron chi connectivity index (χ4n) is 1.11. The molecule has 0 atom stereocenters. The van der Waals surface area contributed by atoms with E-state index in [2.05, 4.69) is 4.74 Å². The molecule has 0 N–H and O–H groups in total. The third-order valence-corrected chi connectivity index (χ3v) is 1.78. The van der Waals surface area contributed by atoms with E-state index < -0.39 is 34.5 Å². The van der Waals surface area contributed by atoms with Crippen molar-refractivity contribution in [1.29, 1.82) is 0 Å². The predicted octanol–water partition coefficient (Wildman–Crippen LogP) is 2.71. The van der Waals surface area contributed by atoms with Gasteiger partial charge in [-0.3, -0.25) is 4.79 Å². The number of hydrogen-bond acceptors (Lipinski definition) is 2. The molecule has 0 aliphatic heterocycles. The van der Waals surface area contributed by atoms with E-state index in [1.165, 1.54) is 6.92 Å². The van der Waals surface area contributed by atoms with Gasteiger partial charge in [-0.2, -0.15) is 4.39 Å². The first kappa shape index (κ1) is 11.6. The molecule has 0 saturated heterocycles. The fraction of sp³-hybridized carbons (Fsp3) is 0.300. The lowest BCUT2D eigenvalue weighted by atomic mass is 10.1. The second-order valence-electron chi connectivity index (χ2n) is 2.85. The summed E-state index contributed by atoms with van der Waals surface area (Å²) in [5, 5.41) is 0. The molecule has 0 aliphatic rings. The molecule has 5 heteroatoms. The molecule has 0 amide bonds. The largest absolute Gasteiger partial charge is 0.488 e. The molecular weight excluding hydrogens is 209 g/mol. The number of ether oxygens (including phenoxy) is 1. The highest BCUT2D eigenvalue weighted by atomic mass is 19.2. The number of benzene rings is 1. The van der Waals surface area contributed by atoms with E-state index in [1.54, 1.807) is 0 Å². The molecule has 0 bridgehead atoms. The number of carbonyl (C=O) groups excluding carboxylic acids is 1. The summed E-state index contributed by atoms with van der Waals surface area (Å²) >= 11 is 0. The number of hydrogen-bond donors (Lipinski definition) is 0. The zero-order chi connectivity index (χ0) is 11.6. The Morgan fingerprint density at radius 2 is 1.93 bits per heavy atom. The minimum absolute atomic E-state index is 0.00664. The number of rotatable bonds is 3. The average Bonchev–Trinajstić information content (AvgIpc) is 2.18. The summed E-state index contributed by atoms with van der Waals surface area (Å²) in [6, 6.07) is 0.631. The Balaban J connectivity index is 3.37. The van der Waals surface area contributed by atoms with Crippen molar-refractivity contribution in [1.82, 2.24) is 0 Å². The highest BCUT2D eigenvalue weighted by Gasteiger charge is 2.21. The molecule has 1 aromatic carbocycles. The van der Waals surface area contributed by atoms with E-state index >= 15 is 0 Å². The van der Waals surface area contributed by atoms with Gasteiger partial charge in [0.1, 0.15) is 0 Å². The summed E-state index contributed by atoms with van der Waals surface area (Å²) in [6.45, 7) is 2.54. The molecule has 0 unspecified atom stereocenters. The molecule has 0 radical (unpaired) electrons. The van der Waals surface area contributed by atoms with E-state index in [1.807, 2.05) is 0 Å². The van der Waals surface area contributed by atoms with Crippen LogP contribution in [-0.4, -0.2) is 12.4 Å². The van der Waals surface area contributed by atoms with Crippen LogP contribution in [0.1, 0.15) is 24.2 Å². The van der Waals surface area contributed by atoms with Gasteiger partial charge in [0, 0.05) is 0 Å². The van der Waals surface area contributed by atoms with Crippen molar-refractivity contribution in [3.05, 3.63) is 29.1 Å². The van der Waals surface area contributed by atoms with Gasteiger partial charge in [-0.05, 0) is 19.9 Å². The normalized spacial score (nSPS) is 10.2. The Labute approximate surface area is 84.7 Å². The summed E-state index contributed by atoms with van der Waals surface area (Å²) < 4.78 is 44.1. The van der Waals surface area contributed by atoms with Crippen LogP contribution in [0.3, 0.4) is 0 Å². The molecule has 1 rings (SSSR count). The van der Waals surface area contributed by atoms with E-state index in [-0.39, 0.29) is 6.61 Å². The number of Topliss-reactive ketones (excluding diaryl/α,β-unsaturated/α-hetero) is 1. The van der Waals surface area contributed by atoms with Crippen molar-refractivity contribution in [2.45, 2.75) is 13.8 Å². The Morgan fingerprint density at radius 3 is 2.40 bits per heavy atom. The van der Waals surface area contributed by atoms with Crippen molar-refractivity contribution < 1.29 is 22.7 Å². The summed E-state index contributed by atoms with van der Waals surface area (Å²) in [7, 11) is 0. The number of carbonyl (C=O) groups is 1. The van der Waals surface area contributed by atoms with Crippen molar-refractivity contribution in [3.8, 4) is 5.75 Å². The zero-order valence-corrected chi connectivity index (χ0v) is 8.23. The second kappa shape index (κ2) is 4.33. The van der Waals surface area contributed by atoms with Crippen LogP contribution in [0.2, 0.25) is 0 Å². The van der Waals surface area contributed by atoms with Gasteiger partial charge in [0.15, 0.2) is 23.2 Å². The Kier molecular flexibility index (Phi) is 3.34. The van der Waals surface area contributed by atoms with Gasteiger partial charge in [0.05, 0.1) is 12.2 Å². The number of halogens is 3. The van der Waals surface area contributed by atoms with E-state index in [9.17, 15) is 18.0 Å². The maximum Gasteiger partial charge on any atom is 0.204 e. The lowest BCUT2D eigenvalue weighted by Gasteiger charge is -2.08. The monoisotopic (exact) mass is 218 g/mol. The molecule has 82 valence electrons. The first-order valence-electron chi connectivity index (χ1n) is 4.30. The highest BCUT2D eigenvalue weighted by molar-refractivity contribution is 5.94. The molecule has 1 aromatic rings. The third kappa shape index (κ3) is 2.11. The van der Waals surface area contributed by atoms with Crippen LogP contribution in [-0.2, 0) is 0 Å². The molecule has 2 nitrogen and oxygen atoms in total. The minimum Gasteiger partial charge on any atom is -0.488 e. The Morgan fingerprint density at radius 1 is 1.33 bits per heavy atom. The number of ketones is 1. The van der Waals surface area contributed by atoms with Crippen LogP contribution >= 0.6 is 0 Å². The lowest BCUT2D eigenvalue weighted by Crippen LogP contribution is -2.06. The molecule has 0 heterocycles. The SMILES string of the molecule is CCOc1c(F)cc(C(C)=O)c(F)c1F. The Bertz CT molecular complexity index is 402. The lowest BCUT2D eigenvalue weighted by molar-refractivity contribution is 0.101. The van der Waals surface area contributed by atoms with Crippen LogP contribution in [0.25, 0.3) is 0 Å². The third-order valence-electron chi connectivity index (χ3n) is 1.78. The first-order valence-corrected chi connectivity index (χ1v) is 4.30. The average molecular weight is 218 g/mol. The molecule has 0 aromatic heterocycles. The molecule has 0 fully saturated rings. The maximum atomic E-state index is 13.2. The van der Waals surface area contributed by atoms with Gasteiger partial charge >= 0.3 is 0 Å². The van der Waals surface area contributed by atoms with Crippen LogP contribution in [0, 0.1) is 17.5 Å². The summed E-state index contributed by atoms with van der Waals surface area (Å²) in [4.78, 5) is 10.8. The quantitative estimate of drug-likeness (QED) is 0.576. The molecule has 0 spiro atoms. The van der Waals surface area contributed by atoms with Gasteiger partial charge in [-0.1, -0.05) is 0 Å². The van der Waals surface area contributed by atoms with E-state index in [4.69, 9.17) is 0 Å². The molecule has 0 saturated carbocycles.